The number of aromatic nitrogens is 1. The van der Waals surface area contributed by atoms with Crippen LogP contribution in [-0.4, -0.2) is 87.8 Å². The smallest absolute Gasteiger partial charge is 0.419 e. The molecule has 0 N–H and O–H groups in total. The monoisotopic (exact) mass is 714 g/mol. The van der Waals surface area contributed by atoms with Gasteiger partial charge in [-0.05, 0) is 109 Å². The van der Waals surface area contributed by atoms with E-state index in [1.54, 1.807) is 18.7 Å². The zero-order chi connectivity index (χ0) is 36.8. The highest BCUT2D eigenvalue weighted by Crippen LogP contribution is 2.45. The van der Waals surface area contributed by atoms with Crippen LogP contribution >= 0.6 is 12.2 Å². The van der Waals surface area contributed by atoms with E-state index in [2.05, 4.69) is 28.6 Å². The maximum Gasteiger partial charge on any atom is 0.419 e. The quantitative estimate of drug-likeness (QED) is 0.218. The van der Waals surface area contributed by atoms with Gasteiger partial charge in [-0.25, -0.2) is 4.98 Å². The van der Waals surface area contributed by atoms with Crippen molar-refractivity contribution in [3.8, 4) is 11.8 Å². The number of ether oxygens (including phenoxy) is 2. The van der Waals surface area contributed by atoms with Crippen molar-refractivity contribution < 1.29 is 32.2 Å². The summed E-state index contributed by atoms with van der Waals surface area (Å²) in [6, 6.07) is 8.20. The number of esters is 1. The van der Waals surface area contributed by atoms with Gasteiger partial charge < -0.3 is 14.4 Å². The van der Waals surface area contributed by atoms with Gasteiger partial charge in [0.1, 0.15) is 29.6 Å². The van der Waals surface area contributed by atoms with Crippen molar-refractivity contribution >= 4 is 40.6 Å². The molecule has 3 fully saturated rings. The average molecular weight is 715 g/mol. The van der Waals surface area contributed by atoms with Crippen LogP contribution in [0.5, 0.6) is 5.75 Å². The Morgan fingerprint density at radius 1 is 1.10 bits per heavy atom. The second-order valence-electron chi connectivity index (χ2n) is 14.9. The SMILES string of the molecule is C[C@@H]1CN(CCOc2ccc(N3C(=S)N(c4cnc(C#N)c(C(F)(F)F)c4)C(=O)C3(C)C)cc2C2CCC2)C[C@H](C)N1CC(=O)OC(C)(C)C. The Labute approximate surface area is 297 Å². The molecule has 14 heteroatoms. The zero-order valence-electron chi connectivity index (χ0n) is 29.6. The number of pyridine rings is 1. The Morgan fingerprint density at radius 2 is 1.76 bits per heavy atom. The van der Waals surface area contributed by atoms with Crippen LogP contribution in [-0.2, 0) is 20.5 Å². The summed E-state index contributed by atoms with van der Waals surface area (Å²) in [5.74, 6) is 0.282. The minimum absolute atomic E-state index is 0.0157. The molecule has 3 aliphatic rings. The lowest BCUT2D eigenvalue weighted by Crippen LogP contribution is -2.58. The normalized spacial score (nSPS) is 22.0. The lowest BCUT2D eigenvalue weighted by molar-refractivity contribution is -0.158. The van der Waals surface area contributed by atoms with Gasteiger partial charge >= 0.3 is 12.1 Å². The number of piperazine rings is 1. The van der Waals surface area contributed by atoms with Crippen LogP contribution in [0.3, 0.4) is 0 Å². The molecule has 50 heavy (non-hydrogen) atoms. The molecular formula is C36H45F3N6O4S. The molecule has 5 rings (SSSR count). The maximum absolute atomic E-state index is 13.7. The Morgan fingerprint density at radius 3 is 2.32 bits per heavy atom. The topological polar surface area (TPSA) is 102 Å². The van der Waals surface area contributed by atoms with Crippen LogP contribution in [0.4, 0.5) is 24.5 Å². The second-order valence-corrected chi connectivity index (χ2v) is 15.3. The fourth-order valence-corrected chi connectivity index (χ4v) is 7.47. The fourth-order valence-electron chi connectivity index (χ4n) is 6.95. The summed E-state index contributed by atoms with van der Waals surface area (Å²) in [5.41, 5.74) is -2.28. The minimum atomic E-state index is -4.84. The molecule has 0 radical (unpaired) electrons. The molecule has 1 aromatic heterocycles. The number of amides is 1. The Kier molecular flexibility index (Phi) is 10.5. The predicted octanol–water partition coefficient (Wildman–Crippen LogP) is 6.27. The number of carbonyl (C=O) groups is 2. The van der Waals surface area contributed by atoms with Gasteiger partial charge in [-0.1, -0.05) is 6.42 Å². The lowest BCUT2D eigenvalue weighted by atomic mass is 9.79. The van der Waals surface area contributed by atoms with Gasteiger partial charge in [-0.2, -0.15) is 18.4 Å². The number of rotatable bonds is 9. The van der Waals surface area contributed by atoms with E-state index in [0.29, 0.717) is 18.8 Å². The Bertz CT molecular complexity index is 1670. The number of benzene rings is 1. The molecule has 2 aliphatic heterocycles. The van der Waals surface area contributed by atoms with E-state index >= 15 is 0 Å². The Balaban J connectivity index is 1.30. The number of halogens is 3. The maximum atomic E-state index is 13.7. The molecule has 10 nitrogen and oxygen atoms in total. The van der Waals surface area contributed by atoms with Gasteiger partial charge in [-0.3, -0.25) is 24.3 Å². The van der Waals surface area contributed by atoms with Crippen molar-refractivity contribution in [1.82, 2.24) is 14.8 Å². The predicted molar refractivity (Wildman–Crippen MR) is 187 cm³/mol. The molecule has 2 atom stereocenters. The first-order valence-corrected chi connectivity index (χ1v) is 17.4. The van der Waals surface area contributed by atoms with Crippen LogP contribution in [0, 0.1) is 11.3 Å². The van der Waals surface area contributed by atoms with E-state index in [-0.39, 0.29) is 41.3 Å². The van der Waals surface area contributed by atoms with E-state index in [4.69, 9.17) is 21.7 Å². The summed E-state index contributed by atoms with van der Waals surface area (Å²) >= 11 is 5.74. The number of hydrogen-bond donors (Lipinski definition) is 0. The van der Waals surface area contributed by atoms with E-state index in [1.807, 2.05) is 39.0 Å². The van der Waals surface area contributed by atoms with Gasteiger partial charge in [0.05, 0.1) is 24.0 Å². The van der Waals surface area contributed by atoms with Crippen molar-refractivity contribution in [1.29, 1.82) is 5.26 Å². The van der Waals surface area contributed by atoms with Gasteiger partial charge in [0.2, 0.25) is 0 Å². The highest BCUT2D eigenvalue weighted by molar-refractivity contribution is 7.81. The number of alkyl halides is 3. The van der Waals surface area contributed by atoms with Gasteiger partial charge in [-0.15, -0.1) is 0 Å². The molecule has 0 spiro atoms. The number of nitrogens with zero attached hydrogens (tertiary/aromatic N) is 6. The first kappa shape index (κ1) is 37.5. The molecule has 0 unspecified atom stereocenters. The molecule has 1 aliphatic carbocycles. The number of anilines is 2. The molecular weight excluding hydrogens is 669 g/mol. The minimum Gasteiger partial charge on any atom is -0.492 e. The summed E-state index contributed by atoms with van der Waals surface area (Å²) in [5, 5.41) is 9.20. The van der Waals surface area contributed by atoms with Crippen LogP contribution in [0.1, 0.15) is 90.5 Å². The van der Waals surface area contributed by atoms with Gasteiger partial charge in [0.15, 0.2) is 10.8 Å². The molecule has 0 bridgehead atoms. The standard InChI is InChI=1S/C36H45F3N6O4S/c1-22-19-42(20-23(2)43(22)21-31(46)49-34(3,4)5)13-14-48-30-12-11-25(15-27(30)24-9-8-10-24)45-33(50)44(32(47)35(45,6)7)26-16-28(36(37,38)39)29(17-40)41-18-26/h11-12,15-16,18,22-24H,8-10,13-14,19-21H2,1-7H3/t22-,23+. The molecule has 2 aromatic rings. The Hall–Kier alpha value is -3.80. The number of nitriles is 1. The highest BCUT2D eigenvalue weighted by atomic mass is 32.1. The third-order valence-corrected chi connectivity index (χ3v) is 9.95. The summed E-state index contributed by atoms with van der Waals surface area (Å²) in [6.07, 6.45) is -0.704. The molecule has 1 saturated carbocycles. The van der Waals surface area contributed by atoms with Crippen LogP contribution in [0.15, 0.2) is 30.5 Å². The highest BCUT2D eigenvalue weighted by Gasteiger charge is 2.51. The second kappa shape index (κ2) is 14.1. The fraction of sp³-hybridized carbons (Fsp3) is 0.583. The third-order valence-electron chi connectivity index (χ3n) is 9.58. The van der Waals surface area contributed by atoms with Crippen LogP contribution < -0.4 is 14.5 Å². The molecule has 1 aromatic carbocycles. The van der Waals surface area contributed by atoms with Crippen LogP contribution in [0.2, 0.25) is 0 Å². The largest absolute Gasteiger partial charge is 0.492 e. The van der Waals surface area contributed by atoms with Crippen molar-refractivity contribution in [3.63, 3.8) is 0 Å². The first-order chi connectivity index (χ1) is 23.3. The molecule has 1 amide bonds. The van der Waals surface area contributed by atoms with Gasteiger partial charge in [0, 0.05) is 37.4 Å². The molecule has 270 valence electrons. The average Bonchev–Trinajstić information content (AvgIpc) is 3.15. The van der Waals surface area contributed by atoms with Crippen molar-refractivity contribution in [2.45, 2.75) is 103 Å². The van der Waals surface area contributed by atoms with E-state index in [9.17, 15) is 28.0 Å². The first-order valence-electron chi connectivity index (χ1n) is 16.9. The number of hydrogen-bond acceptors (Lipinski definition) is 9. The molecule has 3 heterocycles. The van der Waals surface area contributed by atoms with Crippen molar-refractivity contribution in [3.05, 3.63) is 47.3 Å². The third kappa shape index (κ3) is 7.75. The van der Waals surface area contributed by atoms with E-state index in [1.165, 1.54) is 6.07 Å². The molecule has 2 saturated heterocycles. The van der Waals surface area contributed by atoms with Gasteiger partial charge in [0.25, 0.3) is 5.91 Å². The lowest BCUT2D eigenvalue weighted by Gasteiger charge is -2.44. The summed E-state index contributed by atoms with van der Waals surface area (Å²) in [4.78, 5) is 37.1. The van der Waals surface area contributed by atoms with E-state index < -0.39 is 34.5 Å². The zero-order valence-corrected chi connectivity index (χ0v) is 30.5. The summed E-state index contributed by atoms with van der Waals surface area (Å²) < 4.78 is 53.2. The summed E-state index contributed by atoms with van der Waals surface area (Å²) in [6.45, 7) is 16.2. The van der Waals surface area contributed by atoms with E-state index in [0.717, 1.165) is 60.8 Å². The summed E-state index contributed by atoms with van der Waals surface area (Å²) in [7, 11) is 0. The number of thiocarbonyl (C=S) groups is 1. The number of carbonyl (C=O) groups excluding carboxylic acids is 2. The van der Waals surface area contributed by atoms with Crippen molar-refractivity contribution in [2.24, 2.45) is 0 Å². The van der Waals surface area contributed by atoms with Crippen molar-refractivity contribution in [2.75, 3.05) is 42.6 Å². The van der Waals surface area contributed by atoms with Crippen LogP contribution in [0.25, 0.3) is 0 Å².